The molecule has 1 aromatic rings. The maximum atomic E-state index is 12.6. The minimum atomic E-state index is -0.283. The summed E-state index contributed by atoms with van der Waals surface area (Å²) < 4.78 is 0. The summed E-state index contributed by atoms with van der Waals surface area (Å²) in [7, 11) is 0. The molecule has 0 spiro atoms. The van der Waals surface area contributed by atoms with Gasteiger partial charge in [0, 0.05) is 29.9 Å². The van der Waals surface area contributed by atoms with Crippen molar-refractivity contribution in [1.29, 1.82) is 0 Å². The molecule has 2 rings (SSSR count). The SMILES string of the molecule is CC(C)NC(=O)Nc1cccc(C(=O)NC(CN)C2CCCCC2)c1. The van der Waals surface area contributed by atoms with Gasteiger partial charge >= 0.3 is 6.03 Å². The van der Waals surface area contributed by atoms with Gasteiger partial charge in [-0.25, -0.2) is 4.79 Å². The first-order valence-corrected chi connectivity index (χ1v) is 9.18. The first-order chi connectivity index (χ1) is 12.0. The fourth-order valence-corrected chi connectivity index (χ4v) is 3.33. The number of hydrogen-bond donors (Lipinski definition) is 4. The lowest BCUT2D eigenvalue weighted by Gasteiger charge is -2.30. The van der Waals surface area contributed by atoms with Crippen LogP contribution in [0.4, 0.5) is 10.5 Å². The van der Waals surface area contributed by atoms with Crippen molar-refractivity contribution < 1.29 is 9.59 Å². The Morgan fingerprint density at radius 1 is 1.16 bits per heavy atom. The van der Waals surface area contributed by atoms with E-state index in [1.54, 1.807) is 24.3 Å². The van der Waals surface area contributed by atoms with E-state index >= 15 is 0 Å². The molecule has 1 saturated carbocycles. The molecule has 0 heterocycles. The van der Waals surface area contributed by atoms with E-state index in [2.05, 4.69) is 16.0 Å². The van der Waals surface area contributed by atoms with Crippen molar-refractivity contribution in [3.8, 4) is 0 Å². The van der Waals surface area contributed by atoms with E-state index in [1.807, 2.05) is 13.8 Å². The average Bonchev–Trinajstić information content (AvgIpc) is 2.59. The van der Waals surface area contributed by atoms with Gasteiger partial charge in [0.15, 0.2) is 0 Å². The predicted octanol–water partition coefficient (Wildman–Crippen LogP) is 2.85. The number of amides is 3. The Morgan fingerprint density at radius 2 is 1.88 bits per heavy atom. The van der Waals surface area contributed by atoms with Crippen molar-refractivity contribution in [1.82, 2.24) is 10.6 Å². The molecule has 0 saturated heterocycles. The van der Waals surface area contributed by atoms with Gasteiger partial charge in [-0.15, -0.1) is 0 Å². The van der Waals surface area contributed by atoms with Crippen LogP contribution in [0.15, 0.2) is 24.3 Å². The fraction of sp³-hybridized carbons (Fsp3) is 0.579. The molecule has 1 unspecified atom stereocenters. The van der Waals surface area contributed by atoms with Crippen LogP contribution in [0.3, 0.4) is 0 Å². The number of carbonyl (C=O) groups is 2. The van der Waals surface area contributed by atoms with Crippen LogP contribution in [0.2, 0.25) is 0 Å². The lowest BCUT2D eigenvalue weighted by molar-refractivity contribution is 0.0915. The monoisotopic (exact) mass is 346 g/mol. The highest BCUT2D eigenvalue weighted by Crippen LogP contribution is 2.26. The summed E-state index contributed by atoms with van der Waals surface area (Å²) in [4.78, 5) is 24.4. The van der Waals surface area contributed by atoms with E-state index in [0.29, 0.717) is 23.7 Å². The quantitative estimate of drug-likeness (QED) is 0.638. The molecule has 5 N–H and O–H groups in total. The first-order valence-electron chi connectivity index (χ1n) is 9.18. The molecule has 1 aliphatic rings. The van der Waals surface area contributed by atoms with Crippen LogP contribution in [0.5, 0.6) is 0 Å². The van der Waals surface area contributed by atoms with E-state index in [9.17, 15) is 9.59 Å². The van der Waals surface area contributed by atoms with E-state index in [0.717, 1.165) is 12.8 Å². The zero-order chi connectivity index (χ0) is 18.2. The summed E-state index contributed by atoms with van der Waals surface area (Å²) in [5.41, 5.74) is 7.01. The van der Waals surface area contributed by atoms with Crippen LogP contribution < -0.4 is 21.7 Å². The van der Waals surface area contributed by atoms with Gasteiger partial charge < -0.3 is 21.7 Å². The highest BCUT2D eigenvalue weighted by Gasteiger charge is 2.24. The number of urea groups is 1. The van der Waals surface area contributed by atoms with Gasteiger partial charge in [0.25, 0.3) is 5.91 Å². The van der Waals surface area contributed by atoms with Crippen LogP contribution in [0.1, 0.15) is 56.3 Å². The Balaban J connectivity index is 1.98. The van der Waals surface area contributed by atoms with Crippen molar-refractivity contribution in [2.45, 2.75) is 58.0 Å². The molecule has 6 heteroatoms. The van der Waals surface area contributed by atoms with E-state index in [1.165, 1.54) is 19.3 Å². The number of rotatable bonds is 6. The molecule has 0 radical (unpaired) electrons. The molecule has 0 aromatic heterocycles. The highest BCUT2D eigenvalue weighted by molar-refractivity contribution is 5.97. The van der Waals surface area contributed by atoms with Gasteiger partial charge in [-0.2, -0.15) is 0 Å². The number of nitrogens with two attached hydrogens (primary N) is 1. The summed E-state index contributed by atoms with van der Waals surface area (Å²) in [5.74, 6) is 0.315. The number of benzene rings is 1. The van der Waals surface area contributed by atoms with Gasteiger partial charge in [-0.05, 0) is 50.8 Å². The van der Waals surface area contributed by atoms with Crippen LogP contribution >= 0.6 is 0 Å². The maximum Gasteiger partial charge on any atom is 0.319 e. The Labute approximate surface area is 149 Å². The topological polar surface area (TPSA) is 96.2 Å². The van der Waals surface area contributed by atoms with Gasteiger partial charge in [0.05, 0.1) is 0 Å². The third-order valence-electron chi connectivity index (χ3n) is 4.59. The van der Waals surface area contributed by atoms with E-state index in [-0.39, 0.29) is 24.0 Å². The fourth-order valence-electron chi connectivity index (χ4n) is 3.33. The number of nitrogens with one attached hydrogen (secondary N) is 3. The molecule has 1 aliphatic carbocycles. The van der Waals surface area contributed by atoms with Crippen LogP contribution in [0, 0.1) is 5.92 Å². The second kappa shape index (κ2) is 9.42. The van der Waals surface area contributed by atoms with Crippen molar-refractivity contribution in [2.24, 2.45) is 11.7 Å². The average molecular weight is 346 g/mol. The molecule has 1 aromatic carbocycles. The summed E-state index contributed by atoms with van der Waals surface area (Å²) >= 11 is 0. The second-order valence-corrected chi connectivity index (χ2v) is 7.05. The molecule has 0 aliphatic heterocycles. The molecule has 6 nitrogen and oxygen atoms in total. The van der Waals surface area contributed by atoms with Gasteiger partial charge in [0.1, 0.15) is 0 Å². The summed E-state index contributed by atoms with van der Waals surface area (Å²) in [5, 5.41) is 8.57. The Morgan fingerprint density at radius 3 is 2.52 bits per heavy atom. The number of anilines is 1. The van der Waals surface area contributed by atoms with Gasteiger partial charge in [-0.1, -0.05) is 25.3 Å². The lowest BCUT2D eigenvalue weighted by atomic mass is 9.84. The maximum absolute atomic E-state index is 12.6. The molecular weight excluding hydrogens is 316 g/mol. The third-order valence-corrected chi connectivity index (χ3v) is 4.59. The molecule has 138 valence electrons. The Kier molecular flexibility index (Phi) is 7.25. The van der Waals surface area contributed by atoms with E-state index < -0.39 is 0 Å². The van der Waals surface area contributed by atoms with Gasteiger partial charge in [0.2, 0.25) is 0 Å². The summed E-state index contributed by atoms with van der Waals surface area (Å²) in [6.07, 6.45) is 5.94. The number of hydrogen-bond acceptors (Lipinski definition) is 3. The van der Waals surface area contributed by atoms with Crippen molar-refractivity contribution in [3.63, 3.8) is 0 Å². The minimum Gasteiger partial charge on any atom is -0.348 e. The van der Waals surface area contributed by atoms with Crippen molar-refractivity contribution in [3.05, 3.63) is 29.8 Å². The third kappa shape index (κ3) is 6.05. The van der Waals surface area contributed by atoms with E-state index in [4.69, 9.17) is 5.73 Å². The van der Waals surface area contributed by atoms with Gasteiger partial charge in [-0.3, -0.25) is 4.79 Å². The molecule has 0 bridgehead atoms. The van der Waals surface area contributed by atoms with Crippen LogP contribution in [0.25, 0.3) is 0 Å². The zero-order valence-corrected chi connectivity index (χ0v) is 15.2. The zero-order valence-electron chi connectivity index (χ0n) is 15.2. The molecule has 3 amide bonds. The predicted molar refractivity (Wildman–Crippen MR) is 101 cm³/mol. The largest absolute Gasteiger partial charge is 0.348 e. The van der Waals surface area contributed by atoms with Crippen LogP contribution in [-0.4, -0.2) is 30.6 Å². The Hall–Kier alpha value is -2.08. The van der Waals surface area contributed by atoms with Crippen molar-refractivity contribution >= 4 is 17.6 Å². The highest BCUT2D eigenvalue weighted by atomic mass is 16.2. The summed E-state index contributed by atoms with van der Waals surface area (Å²) in [6.45, 7) is 4.23. The van der Waals surface area contributed by atoms with Crippen LogP contribution in [-0.2, 0) is 0 Å². The molecule has 25 heavy (non-hydrogen) atoms. The molecule has 1 fully saturated rings. The normalized spacial score (nSPS) is 16.3. The molecular formula is C19H30N4O2. The smallest absolute Gasteiger partial charge is 0.319 e. The Bertz CT molecular complexity index is 583. The lowest BCUT2D eigenvalue weighted by Crippen LogP contribution is -2.45. The minimum absolute atomic E-state index is 0.00801. The first kappa shape index (κ1) is 19.2. The second-order valence-electron chi connectivity index (χ2n) is 7.05. The molecule has 1 atom stereocenters. The number of carbonyl (C=O) groups excluding carboxylic acids is 2. The standard InChI is InChI=1S/C19H30N4O2/c1-13(2)21-19(25)22-16-10-6-9-15(11-16)18(24)23-17(12-20)14-7-4-3-5-8-14/h6,9-11,13-14,17H,3-5,7-8,12,20H2,1-2H3,(H,23,24)(H2,21,22,25). The summed E-state index contributed by atoms with van der Waals surface area (Å²) in [6, 6.07) is 6.73. The van der Waals surface area contributed by atoms with Crippen molar-refractivity contribution in [2.75, 3.05) is 11.9 Å².